The number of methoxy groups -OCH3 is 1. The summed E-state index contributed by atoms with van der Waals surface area (Å²) in [4.78, 5) is 24.7. The summed E-state index contributed by atoms with van der Waals surface area (Å²) in [5.41, 5.74) is 0. The van der Waals surface area contributed by atoms with Crippen LogP contribution in [-0.4, -0.2) is 25.0 Å². The first kappa shape index (κ1) is 13.4. The molecule has 1 heterocycles. The summed E-state index contributed by atoms with van der Waals surface area (Å²) in [5.74, 6) is -0.771. The maximum atomic E-state index is 11.5. The van der Waals surface area contributed by atoms with Gasteiger partial charge in [0.2, 0.25) is 5.91 Å². The number of hydrogen-bond acceptors (Lipinski definition) is 4. The summed E-state index contributed by atoms with van der Waals surface area (Å²) in [6.45, 7) is 3.58. The number of carbonyl (C=O) groups is 2. The van der Waals surface area contributed by atoms with Crippen LogP contribution in [0.1, 0.15) is 16.7 Å². The number of rotatable bonds is 4. The van der Waals surface area contributed by atoms with Gasteiger partial charge in [0.15, 0.2) is 0 Å². The van der Waals surface area contributed by atoms with Crippen molar-refractivity contribution < 1.29 is 14.3 Å². The summed E-state index contributed by atoms with van der Waals surface area (Å²) < 4.78 is 4.50. The lowest BCUT2D eigenvalue weighted by atomic mass is 10.3. The fraction of sp³-hybridized carbons (Fsp3) is 0.333. The van der Waals surface area contributed by atoms with Gasteiger partial charge in [-0.3, -0.25) is 4.79 Å². The van der Waals surface area contributed by atoms with Crippen LogP contribution in [0.25, 0.3) is 6.08 Å². The normalized spacial score (nSPS) is 12.4. The van der Waals surface area contributed by atoms with E-state index in [1.165, 1.54) is 18.1 Å². The molecular weight excluding hydrogens is 238 g/mol. The smallest absolute Gasteiger partial charge is 0.328 e. The number of amides is 1. The monoisotopic (exact) mass is 253 g/mol. The van der Waals surface area contributed by atoms with Crippen LogP contribution in [0.3, 0.4) is 0 Å². The van der Waals surface area contributed by atoms with Gasteiger partial charge in [0.05, 0.1) is 7.11 Å². The van der Waals surface area contributed by atoms with Crippen molar-refractivity contribution in [3.05, 3.63) is 28.0 Å². The van der Waals surface area contributed by atoms with Crippen molar-refractivity contribution in [3.63, 3.8) is 0 Å². The van der Waals surface area contributed by atoms with E-state index in [1.807, 2.05) is 19.1 Å². The summed E-state index contributed by atoms with van der Waals surface area (Å²) in [7, 11) is 1.29. The van der Waals surface area contributed by atoms with Crippen molar-refractivity contribution in [1.82, 2.24) is 5.32 Å². The molecule has 4 nitrogen and oxygen atoms in total. The van der Waals surface area contributed by atoms with Crippen LogP contribution in [-0.2, 0) is 14.3 Å². The van der Waals surface area contributed by atoms with Gasteiger partial charge in [0.1, 0.15) is 6.04 Å². The maximum Gasteiger partial charge on any atom is 0.328 e. The fourth-order valence-electron chi connectivity index (χ4n) is 1.20. The van der Waals surface area contributed by atoms with Crippen LogP contribution in [0, 0.1) is 6.92 Å². The molecule has 1 atom stereocenters. The first-order valence-corrected chi connectivity index (χ1v) is 5.97. The number of hydrogen-bond donors (Lipinski definition) is 1. The van der Waals surface area contributed by atoms with E-state index < -0.39 is 12.0 Å². The lowest BCUT2D eigenvalue weighted by molar-refractivity contribution is -0.144. The van der Waals surface area contributed by atoms with Gasteiger partial charge in [0, 0.05) is 15.8 Å². The van der Waals surface area contributed by atoms with E-state index in [0.717, 1.165) is 4.88 Å². The quantitative estimate of drug-likeness (QED) is 0.657. The molecule has 5 heteroatoms. The van der Waals surface area contributed by atoms with Gasteiger partial charge in [-0.05, 0) is 32.1 Å². The van der Waals surface area contributed by atoms with Crippen molar-refractivity contribution in [2.75, 3.05) is 7.11 Å². The lowest BCUT2D eigenvalue weighted by Crippen LogP contribution is -2.38. The molecule has 0 aliphatic heterocycles. The zero-order chi connectivity index (χ0) is 12.8. The van der Waals surface area contributed by atoms with Crippen molar-refractivity contribution in [1.29, 1.82) is 0 Å². The molecular formula is C12H15NO3S. The Morgan fingerprint density at radius 1 is 1.47 bits per heavy atom. The van der Waals surface area contributed by atoms with Crippen molar-refractivity contribution in [3.8, 4) is 0 Å². The van der Waals surface area contributed by atoms with Crippen molar-refractivity contribution >= 4 is 29.3 Å². The summed E-state index contributed by atoms with van der Waals surface area (Å²) in [6, 6.07) is 3.29. The Labute approximate surface area is 104 Å². The van der Waals surface area contributed by atoms with Gasteiger partial charge in [-0.2, -0.15) is 0 Å². The van der Waals surface area contributed by atoms with Crippen molar-refractivity contribution in [2.24, 2.45) is 0 Å². The molecule has 92 valence electrons. The molecule has 0 aliphatic carbocycles. The third kappa shape index (κ3) is 4.40. The van der Waals surface area contributed by atoms with Crippen LogP contribution in [0.4, 0.5) is 0 Å². The molecule has 1 aromatic heterocycles. The molecule has 0 aromatic carbocycles. The highest BCUT2D eigenvalue weighted by atomic mass is 32.1. The molecule has 1 aromatic rings. The second-order valence-corrected chi connectivity index (χ2v) is 4.85. The van der Waals surface area contributed by atoms with Crippen LogP contribution < -0.4 is 5.32 Å². The molecule has 0 aliphatic rings. The van der Waals surface area contributed by atoms with E-state index >= 15 is 0 Å². The SMILES string of the molecule is COC(=O)C(C)NC(=O)C=Cc1ccc(C)s1. The Hall–Kier alpha value is -1.62. The Bertz CT molecular complexity index is 437. The van der Waals surface area contributed by atoms with Crippen molar-refractivity contribution in [2.45, 2.75) is 19.9 Å². The van der Waals surface area contributed by atoms with Crippen LogP contribution >= 0.6 is 11.3 Å². The third-order valence-electron chi connectivity index (χ3n) is 2.07. The highest BCUT2D eigenvalue weighted by molar-refractivity contribution is 7.12. The standard InChI is InChI=1S/C12H15NO3S/c1-8-4-5-10(17-8)6-7-11(14)13-9(2)12(15)16-3/h4-7,9H,1-3H3,(H,13,14). The number of carbonyl (C=O) groups excluding carboxylic acids is 2. The van der Waals surface area contributed by atoms with E-state index in [9.17, 15) is 9.59 Å². The summed E-state index contributed by atoms with van der Waals surface area (Å²) >= 11 is 1.60. The van der Waals surface area contributed by atoms with Crippen LogP contribution in [0.2, 0.25) is 0 Å². The first-order valence-electron chi connectivity index (χ1n) is 5.15. The lowest BCUT2D eigenvalue weighted by Gasteiger charge is -2.08. The van der Waals surface area contributed by atoms with Gasteiger partial charge in [-0.25, -0.2) is 4.79 Å². The third-order valence-corrected chi connectivity index (χ3v) is 3.04. The van der Waals surface area contributed by atoms with E-state index in [4.69, 9.17) is 0 Å². The molecule has 0 spiro atoms. The summed E-state index contributed by atoms with van der Waals surface area (Å²) in [6.07, 6.45) is 3.13. The molecule has 0 radical (unpaired) electrons. The van der Waals surface area contributed by atoms with Gasteiger partial charge in [0.25, 0.3) is 0 Å². The molecule has 0 saturated heterocycles. The van der Waals surface area contributed by atoms with E-state index in [2.05, 4.69) is 10.1 Å². The minimum absolute atomic E-state index is 0.311. The van der Waals surface area contributed by atoms with Crippen LogP contribution in [0.5, 0.6) is 0 Å². The topological polar surface area (TPSA) is 55.4 Å². The highest BCUT2D eigenvalue weighted by Gasteiger charge is 2.13. The average molecular weight is 253 g/mol. The number of ether oxygens (including phenoxy) is 1. The Balaban J connectivity index is 2.50. The zero-order valence-electron chi connectivity index (χ0n) is 10.0. The number of esters is 1. The maximum absolute atomic E-state index is 11.5. The average Bonchev–Trinajstić information content (AvgIpc) is 2.71. The minimum atomic E-state index is -0.637. The Morgan fingerprint density at radius 2 is 2.18 bits per heavy atom. The summed E-state index contributed by atoms with van der Waals surface area (Å²) in [5, 5.41) is 2.51. The Morgan fingerprint density at radius 3 is 2.71 bits per heavy atom. The Kier molecular flexibility index (Phi) is 4.90. The van der Waals surface area contributed by atoms with Gasteiger partial charge in [-0.15, -0.1) is 11.3 Å². The van der Waals surface area contributed by atoms with E-state index in [0.29, 0.717) is 0 Å². The van der Waals surface area contributed by atoms with Gasteiger partial charge < -0.3 is 10.1 Å². The first-order chi connectivity index (χ1) is 8.02. The van der Waals surface area contributed by atoms with Gasteiger partial charge in [-0.1, -0.05) is 0 Å². The van der Waals surface area contributed by atoms with E-state index in [1.54, 1.807) is 24.3 Å². The number of thiophene rings is 1. The second kappa shape index (κ2) is 6.20. The predicted molar refractivity (Wildman–Crippen MR) is 67.7 cm³/mol. The molecule has 0 fully saturated rings. The molecule has 1 unspecified atom stereocenters. The molecule has 0 saturated carbocycles. The number of nitrogens with one attached hydrogen (secondary N) is 1. The van der Waals surface area contributed by atoms with E-state index in [-0.39, 0.29) is 5.91 Å². The predicted octanol–water partition coefficient (Wildman–Crippen LogP) is 1.75. The molecule has 1 amide bonds. The fourth-order valence-corrected chi connectivity index (χ4v) is 1.98. The highest BCUT2D eigenvalue weighted by Crippen LogP contribution is 2.16. The number of aryl methyl sites for hydroxylation is 1. The van der Waals surface area contributed by atoms with Gasteiger partial charge >= 0.3 is 5.97 Å². The molecule has 1 rings (SSSR count). The minimum Gasteiger partial charge on any atom is -0.467 e. The molecule has 1 N–H and O–H groups in total. The second-order valence-electron chi connectivity index (χ2n) is 3.54. The molecule has 17 heavy (non-hydrogen) atoms. The molecule has 0 bridgehead atoms. The zero-order valence-corrected chi connectivity index (χ0v) is 10.8. The van der Waals surface area contributed by atoms with Crippen LogP contribution in [0.15, 0.2) is 18.2 Å². The largest absolute Gasteiger partial charge is 0.467 e.